The van der Waals surface area contributed by atoms with Gasteiger partial charge in [-0.05, 0) is 31.2 Å². The molecule has 0 aliphatic heterocycles. The van der Waals surface area contributed by atoms with Crippen LogP contribution in [0.25, 0.3) is 0 Å². The first-order chi connectivity index (χ1) is 11.7. The van der Waals surface area contributed by atoms with E-state index in [-0.39, 0.29) is 5.91 Å². The summed E-state index contributed by atoms with van der Waals surface area (Å²) in [5.41, 5.74) is 2.39. The lowest BCUT2D eigenvalue weighted by Crippen LogP contribution is -2.23. The first-order valence-electron chi connectivity index (χ1n) is 7.53. The van der Waals surface area contributed by atoms with E-state index in [0.29, 0.717) is 18.8 Å². The van der Waals surface area contributed by atoms with Crippen molar-refractivity contribution in [2.75, 3.05) is 0 Å². The first-order valence-corrected chi connectivity index (χ1v) is 8.40. The van der Waals surface area contributed by atoms with Crippen molar-refractivity contribution in [3.05, 3.63) is 76.0 Å². The highest BCUT2D eigenvalue weighted by Crippen LogP contribution is 2.16. The van der Waals surface area contributed by atoms with E-state index < -0.39 is 0 Å². The van der Waals surface area contributed by atoms with E-state index in [9.17, 15) is 4.79 Å². The van der Waals surface area contributed by atoms with E-state index in [1.54, 1.807) is 11.6 Å². The highest BCUT2D eigenvalue weighted by Gasteiger charge is 2.11. The Kier molecular flexibility index (Phi) is 5.18. The fourth-order valence-corrected chi connectivity index (χ4v) is 2.71. The second-order valence-corrected chi connectivity index (χ2v) is 6.17. The van der Waals surface area contributed by atoms with Crippen molar-refractivity contribution in [2.24, 2.45) is 0 Å². The number of nitrogens with one attached hydrogen (secondary N) is 1. The van der Waals surface area contributed by atoms with Crippen LogP contribution in [-0.4, -0.2) is 15.9 Å². The monoisotopic (exact) mass is 339 g/mol. The quantitative estimate of drug-likeness (QED) is 0.748. The van der Waals surface area contributed by atoms with Gasteiger partial charge >= 0.3 is 0 Å². The molecule has 3 rings (SSSR count). The smallest absolute Gasteiger partial charge is 0.271 e. The lowest BCUT2D eigenvalue weighted by atomic mass is 10.2. The molecule has 6 heteroatoms. The Labute approximate surface area is 144 Å². The summed E-state index contributed by atoms with van der Waals surface area (Å²) in [5.74, 6) is 0.579. The molecule has 122 valence electrons. The van der Waals surface area contributed by atoms with Crippen molar-refractivity contribution in [3.63, 3.8) is 0 Å². The molecular formula is C18H17N3O2S. The molecule has 0 saturated carbocycles. The number of nitrogens with zero attached hydrogens (tertiary/aromatic N) is 2. The van der Waals surface area contributed by atoms with Gasteiger partial charge in [0.05, 0.1) is 12.2 Å². The number of carbonyl (C=O) groups excluding carboxylic acids is 1. The molecule has 0 fully saturated rings. The van der Waals surface area contributed by atoms with E-state index in [1.807, 2.05) is 49.4 Å². The van der Waals surface area contributed by atoms with Crippen LogP contribution in [0.1, 0.15) is 26.8 Å². The second kappa shape index (κ2) is 7.70. The highest BCUT2D eigenvalue weighted by molar-refractivity contribution is 7.09. The van der Waals surface area contributed by atoms with Crippen LogP contribution in [0.5, 0.6) is 5.75 Å². The Morgan fingerprint density at radius 3 is 2.79 bits per heavy atom. The topological polar surface area (TPSA) is 64.1 Å². The minimum atomic E-state index is -0.210. The maximum Gasteiger partial charge on any atom is 0.271 e. The standard InChI is InChI=1S/C18H17N3O2S/c1-13-5-7-15(8-6-13)23-11-17-21-16(12-24-17)18(22)20-10-14-4-2-3-9-19-14/h2-9,12H,10-11H2,1H3,(H,20,22). The predicted octanol–water partition coefficient (Wildman–Crippen LogP) is 3.36. The number of hydrogen-bond donors (Lipinski definition) is 1. The van der Waals surface area contributed by atoms with Gasteiger partial charge in [-0.2, -0.15) is 0 Å². The summed E-state index contributed by atoms with van der Waals surface area (Å²) in [4.78, 5) is 20.6. The summed E-state index contributed by atoms with van der Waals surface area (Å²) in [5, 5.41) is 5.31. The van der Waals surface area contributed by atoms with Gasteiger partial charge in [0.1, 0.15) is 23.1 Å². The fourth-order valence-electron chi connectivity index (χ4n) is 2.03. The summed E-state index contributed by atoms with van der Waals surface area (Å²) >= 11 is 1.41. The Morgan fingerprint density at radius 2 is 2.04 bits per heavy atom. The van der Waals surface area contributed by atoms with Crippen molar-refractivity contribution in [1.29, 1.82) is 0 Å². The number of hydrogen-bond acceptors (Lipinski definition) is 5. The summed E-state index contributed by atoms with van der Waals surface area (Å²) in [6.07, 6.45) is 1.70. The number of carbonyl (C=O) groups is 1. The Bertz CT molecular complexity index is 801. The zero-order valence-electron chi connectivity index (χ0n) is 13.2. The lowest BCUT2D eigenvalue weighted by molar-refractivity contribution is 0.0946. The number of benzene rings is 1. The number of ether oxygens (including phenoxy) is 1. The summed E-state index contributed by atoms with van der Waals surface area (Å²) in [6.45, 7) is 2.76. The van der Waals surface area contributed by atoms with Gasteiger partial charge in [0.2, 0.25) is 0 Å². The van der Waals surface area contributed by atoms with Crippen LogP contribution >= 0.6 is 11.3 Å². The third-order valence-corrected chi connectivity index (χ3v) is 4.15. The summed E-state index contributed by atoms with van der Waals surface area (Å²) in [6, 6.07) is 13.4. The van der Waals surface area contributed by atoms with E-state index in [2.05, 4.69) is 15.3 Å². The van der Waals surface area contributed by atoms with Crippen LogP contribution in [0.3, 0.4) is 0 Å². The zero-order chi connectivity index (χ0) is 16.8. The van der Waals surface area contributed by atoms with E-state index in [0.717, 1.165) is 16.5 Å². The summed E-state index contributed by atoms with van der Waals surface area (Å²) in [7, 11) is 0. The number of aromatic nitrogens is 2. The molecule has 3 aromatic rings. The van der Waals surface area contributed by atoms with Gasteiger partial charge in [0.25, 0.3) is 5.91 Å². The molecule has 0 bridgehead atoms. The molecule has 0 saturated heterocycles. The molecule has 24 heavy (non-hydrogen) atoms. The molecule has 2 aromatic heterocycles. The molecule has 0 atom stereocenters. The molecular weight excluding hydrogens is 322 g/mol. The van der Waals surface area contributed by atoms with Crippen LogP contribution in [0, 0.1) is 6.92 Å². The van der Waals surface area contributed by atoms with E-state index in [1.165, 1.54) is 16.9 Å². The zero-order valence-corrected chi connectivity index (χ0v) is 14.0. The molecule has 0 aliphatic carbocycles. The van der Waals surface area contributed by atoms with Crippen molar-refractivity contribution in [1.82, 2.24) is 15.3 Å². The van der Waals surface area contributed by atoms with Crippen LogP contribution in [0.2, 0.25) is 0 Å². The van der Waals surface area contributed by atoms with Crippen molar-refractivity contribution in [2.45, 2.75) is 20.1 Å². The van der Waals surface area contributed by atoms with Gasteiger partial charge in [-0.1, -0.05) is 23.8 Å². The van der Waals surface area contributed by atoms with Gasteiger partial charge in [0.15, 0.2) is 0 Å². The third kappa shape index (κ3) is 4.39. The Morgan fingerprint density at radius 1 is 1.21 bits per heavy atom. The molecule has 2 heterocycles. The lowest BCUT2D eigenvalue weighted by Gasteiger charge is -2.04. The number of thiazole rings is 1. The molecule has 1 amide bonds. The molecule has 0 spiro atoms. The molecule has 1 N–H and O–H groups in total. The minimum absolute atomic E-state index is 0.210. The molecule has 1 aromatic carbocycles. The van der Waals surface area contributed by atoms with Gasteiger partial charge < -0.3 is 10.1 Å². The van der Waals surface area contributed by atoms with Crippen LogP contribution in [0.4, 0.5) is 0 Å². The van der Waals surface area contributed by atoms with Crippen LogP contribution < -0.4 is 10.1 Å². The number of pyridine rings is 1. The van der Waals surface area contributed by atoms with Gasteiger partial charge in [-0.15, -0.1) is 11.3 Å². The molecule has 0 radical (unpaired) electrons. The Hall–Kier alpha value is -2.73. The van der Waals surface area contributed by atoms with Crippen molar-refractivity contribution >= 4 is 17.2 Å². The van der Waals surface area contributed by atoms with Gasteiger partial charge in [-0.3, -0.25) is 9.78 Å². The second-order valence-electron chi connectivity index (χ2n) is 5.23. The van der Waals surface area contributed by atoms with Crippen LogP contribution in [0.15, 0.2) is 54.0 Å². The number of aryl methyl sites for hydroxylation is 1. The highest BCUT2D eigenvalue weighted by atomic mass is 32.1. The van der Waals surface area contributed by atoms with Gasteiger partial charge in [0, 0.05) is 11.6 Å². The minimum Gasteiger partial charge on any atom is -0.486 e. The average Bonchev–Trinajstić information content (AvgIpc) is 3.09. The molecule has 0 aliphatic rings. The van der Waals surface area contributed by atoms with Crippen molar-refractivity contribution in [3.8, 4) is 5.75 Å². The number of rotatable bonds is 6. The maximum absolute atomic E-state index is 12.1. The van der Waals surface area contributed by atoms with Crippen molar-refractivity contribution < 1.29 is 9.53 Å². The largest absolute Gasteiger partial charge is 0.486 e. The average molecular weight is 339 g/mol. The van der Waals surface area contributed by atoms with E-state index in [4.69, 9.17) is 4.74 Å². The third-order valence-electron chi connectivity index (χ3n) is 3.32. The number of amides is 1. The molecule has 0 unspecified atom stereocenters. The maximum atomic E-state index is 12.1. The normalized spacial score (nSPS) is 10.4. The predicted molar refractivity (Wildman–Crippen MR) is 93.0 cm³/mol. The van der Waals surface area contributed by atoms with Crippen LogP contribution in [-0.2, 0) is 13.2 Å². The first kappa shape index (κ1) is 16.1. The van der Waals surface area contributed by atoms with Gasteiger partial charge in [-0.25, -0.2) is 4.98 Å². The molecule has 5 nitrogen and oxygen atoms in total. The summed E-state index contributed by atoms with van der Waals surface area (Å²) < 4.78 is 5.68. The Balaban J connectivity index is 1.52. The van der Waals surface area contributed by atoms with E-state index >= 15 is 0 Å². The SMILES string of the molecule is Cc1ccc(OCc2nc(C(=O)NCc3ccccn3)cs2)cc1. The fraction of sp³-hybridized carbons (Fsp3) is 0.167.